The Morgan fingerprint density at radius 2 is 1.70 bits per heavy atom. The Labute approximate surface area is 162 Å². The highest BCUT2D eigenvalue weighted by atomic mass is 19.1. The lowest BCUT2D eigenvalue weighted by Gasteiger charge is -2.42. The molecule has 0 saturated heterocycles. The molecule has 27 heavy (non-hydrogen) atoms. The Morgan fingerprint density at radius 3 is 2.19 bits per heavy atom. The van der Waals surface area contributed by atoms with E-state index in [0.29, 0.717) is 15.7 Å². The van der Waals surface area contributed by atoms with Crippen LogP contribution in [0.3, 0.4) is 0 Å². The van der Waals surface area contributed by atoms with Crippen molar-refractivity contribution >= 4 is 17.6 Å². The number of halogens is 1. The van der Waals surface area contributed by atoms with Gasteiger partial charge in [-0.05, 0) is 58.7 Å². The third kappa shape index (κ3) is 5.28. The summed E-state index contributed by atoms with van der Waals surface area (Å²) in [6.07, 6.45) is 1.63. The summed E-state index contributed by atoms with van der Waals surface area (Å²) in [5.74, 6) is -1.30. The predicted octanol–water partition coefficient (Wildman–Crippen LogP) is 4.29. The van der Waals surface area contributed by atoms with Crippen molar-refractivity contribution in [2.24, 2.45) is 0 Å². The van der Waals surface area contributed by atoms with Crippen molar-refractivity contribution in [3.05, 3.63) is 29.1 Å². The number of carbonyl (C=O) groups excluding carboxylic acids is 2. The number of benzene rings is 1. The van der Waals surface area contributed by atoms with E-state index in [2.05, 4.69) is 33.0 Å². The number of carbonyl (C=O) groups is 2. The third-order valence-corrected chi connectivity index (χ3v) is 5.46. The SMILES string of the molecule is CCCC(C(=O)Nc1c(C)cc(F)cc1C(=O)OCC)[N+](CC)(CC)CC. The first kappa shape index (κ1) is 23.1. The Bertz CT molecular complexity index is 649. The van der Waals surface area contributed by atoms with Crippen LogP contribution in [0.15, 0.2) is 12.1 Å². The number of hydrogen-bond donors (Lipinski definition) is 1. The first-order chi connectivity index (χ1) is 12.8. The van der Waals surface area contributed by atoms with Gasteiger partial charge >= 0.3 is 5.97 Å². The van der Waals surface area contributed by atoms with E-state index in [1.165, 1.54) is 6.07 Å². The molecule has 0 aromatic heterocycles. The van der Waals surface area contributed by atoms with Gasteiger partial charge in [0.15, 0.2) is 6.04 Å². The van der Waals surface area contributed by atoms with Gasteiger partial charge in [-0.1, -0.05) is 6.92 Å². The lowest BCUT2D eigenvalue weighted by atomic mass is 10.0. The minimum absolute atomic E-state index is 0.0561. The summed E-state index contributed by atoms with van der Waals surface area (Å²) in [7, 11) is 0. The maximum atomic E-state index is 13.9. The maximum Gasteiger partial charge on any atom is 0.340 e. The molecule has 6 heteroatoms. The molecule has 1 amide bonds. The summed E-state index contributed by atoms with van der Waals surface area (Å²) >= 11 is 0. The average Bonchev–Trinajstić information content (AvgIpc) is 2.64. The summed E-state index contributed by atoms with van der Waals surface area (Å²) in [5.41, 5.74) is 0.896. The highest BCUT2D eigenvalue weighted by molar-refractivity contribution is 6.03. The molecule has 0 radical (unpaired) electrons. The molecule has 0 heterocycles. The zero-order chi connectivity index (χ0) is 20.6. The molecule has 0 aliphatic heterocycles. The van der Waals surface area contributed by atoms with Gasteiger partial charge in [0.25, 0.3) is 5.91 Å². The Morgan fingerprint density at radius 1 is 1.11 bits per heavy atom. The molecular weight excluding hydrogens is 347 g/mol. The minimum Gasteiger partial charge on any atom is -0.462 e. The first-order valence-corrected chi connectivity index (χ1v) is 9.93. The second-order valence-electron chi connectivity index (χ2n) is 6.83. The number of ether oxygens (including phenoxy) is 1. The largest absolute Gasteiger partial charge is 0.462 e. The monoisotopic (exact) mass is 381 g/mol. The fourth-order valence-corrected chi connectivity index (χ4v) is 3.74. The zero-order valence-corrected chi connectivity index (χ0v) is 17.5. The molecular formula is C21H34FN2O3+. The summed E-state index contributed by atoms with van der Waals surface area (Å²) < 4.78 is 19.6. The van der Waals surface area contributed by atoms with Gasteiger partial charge in [-0.25, -0.2) is 9.18 Å². The van der Waals surface area contributed by atoms with E-state index in [-0.39, 0.29) is 24.1 Å². The van der Waals surface area contributed by atoms with E-state index in [9.17, 15) is 14.0 Å². The van der Waals surface area contributed by atoms with E-state index in [4.69, 9.17) is 4.74 Å². The molecule has 1 atom stereocenters. The van der Waals surface area contributed by atoms with Crippen LogP contribution < -0.4 is 5.32 Å². The summed E-state index contributed by atoms with van der Waals surface area (Å²) in [4.78, 5) is 25.5. The predicted molar refractivity (Wildman–Crippen MR) is 106 cm³/mol. The fraction of sp³-hybridized carbons (Fsp3) is 0.619. The van der Waals surface area contributed by atoms with E-state index in [1.807, 2.05) is 0 Å². The number of aryl methyl sites for hydroxylation is 1. The molecule has 0 saturated carbocycles. The van der Waals surface area contributed by atoms with E-state index in [0.717, 1.165) is 38.5 Å². The van der Waals surface area contributed by atoms with Crippen molar-refractivity contribution in [3.8, 4) is 0 Å². The van der Waals surface area contributed by atoms with Gasteiger partial charge in [0.05, 0.1) is 37.5 Å². The standard InChI is InChI=1S/C21H33FN2O3/c1-7-12-18(24(8-2,9-3)10-4)20(25)23-19-15(6)13-16(22)14-17(19)21(26)27-11-5/h13-14,18H,7-12H2,1-6H3/p+1. The molecule has 1 aromatic carbocycles. The molecule has 1 unspecified atom stereocenters. The lowest BCUT2D eigenvalue weighted by molar-refractivity contribution is -0.938. The minimum atomic E-state index is -0.635. The van der Waals surface area contributed by atoms with Crippen LogP contribution in [0.25, 0.3) is 0 Å². The van der Waals surface area contributed by atoms with Crippen LogP contribution in [0.1, 0.15) is 63.4 Å². The van der Waals surface area contributed by atoms with Crippen LogP contribution in [0, 0.1) is 12.7 Å². The molecule has 0 aliphatic carbocycles. The van der Waals surface area contributed by atoms with Gasteiger partial charge < -0.3 is 14.5 Å². The van der Waals surface area contributed by atoms with Crippen molar-refractivity contribution < 1.29 is 23.2 Å². The summed E-state index contributed by atoms with van der Waals surface area (Å²) in [6, 6.07) is 2.21. The van der Waals surface area contributed by atoms with Gasteiger partial charge in [-0.15, -0.1) is 0 Å². The van der Waals surface area contributed by atoms with Gasteiger partial charge in [0.1, 0.15) is 5.82 Å². The highest BCUT2D eigenvalue weighted by Crippen LogP contribution is 2.26. The fourth-order valence-electron chi connectivity index (χ4n) is 3.74. The third-order valence-electron chi connectivity index (χ3n) is 5.46. The van der Waals surface area contributed by atoms with Crippen molar-refractivity contribution in [3.63, 3.8) is 0 Å². The van der Waals surface area contributed by atoms with Gasteiger partial charge in [0, 0.05) is 6.42 Å². The van der Waals surface area contributed by atoms with Crippen LogP contribution in [0.5, 0.6) is 0 Å². The summed E-state index contributed by atoms with van der Waals surface area (Å²) in [5, 5.41) is 2.92. The lowest BCUT2D eigenvalue weighted by Crippen LogP contribution is -2.59. The molecule has 1 aromatic rings. The molecule has 0 aliphatic rings. The van der Waals surface area contributed by atoms with Crippen LogP contribution in [-0.2, 0) is 9.53 Å². The second kappa shape index (κ2) is 10.4. The van der Waals surface area contributed by atoms with Crippen LogP contribution in [0.2, 0.25) is 0 Å². The first-order valence-electron chi connectivity index (χ1n) is 9.93. The van der Waals surface area contributed by atoms with E-state index < -0.39 is 11.8 Å². The number of rotatable bonds is 10. The maximum absolute atomic E-state index is 13.9. The van der Waals surface area contributed by atoms with E-state index >= 15 is 0 Å². The Hall–Kier alpha value is -1.95. The van der Waals surface area contributed by atoms with Crippen molar-refractivity contribution in [1.82, 2.24) is 0 Å². The average molecular weight is 382 g/mol. The number of nitrogens with zero attached hydrogens (tertiary/aromatic N) is 1. The number of quaternary nitrogens is 1. The van der Waals surface area contributed by atoms with Crippen LogP contribution in [-0.4, -0.2) is 48.6 Å². The number of esters is 1. The zero-order valence-electron chi connectivity index (χ0n) is 17.5. The molecule has 1 rings (SSSR count). The van der Waals surface area contributed by atoms with Crippen LogP contribution in [0.4, 0.5) is 10.1 Å². The quantitative estimate of drug-likeness (QED) is 0.486. The van der Waals surface area contributed by atoms with Crippen molar-refractivity contribution in [2.45, 2.75) is 60.4 Å². The highest BCUT2D eigenvalue weighted by Gasteiger charge is 2.38. The van der Waals surface area contributed by atoms with Crippen molar-refractivity contribution in [2.75, 3.05) is 31.6 Å². The second-order valence-corrected chi connectivity index (χ2v) is 6.83. The molecule has 1 N–H and O–H groups in total. The summed E-state index contributed by atoms with van der Waals surface area (Å²) in [6.45, 7) is 14.4. The number of nitrogens with one attached hydrogen (secondary N) is 1. The number of anilines is 1. The number of hydrogen-bond acceptors (Lipinski definition) is 3. The number of amides is 1. The molecule has 0 spiro atoms. The van der Waals surface area contributed by atoms with Gasteiger partial charge in [-0.3, -0.25) is 4.79 Å². The van der Waals surface area contributed by atoms with Gasteiger partial charge in [0.2, 0.25) is 0 Å². The van der Waals surface area contributed by atoms with E-state index in [1.54, 1.807) is 13.8 Å². The Balaban J connectivity index is 3.31. The molecule has 152 valence electrons. The molecule has 5 nitrogen and oxygen atoms in total. The molecule has 0 bridgehead atoms. The van der Waals surface area contributed by atoms with Crippen molar-refractivity contribution in [1.29, 1.82) is 0 Å². The number of likely N-dealkylation sites (N-methyl/N-ethyl adjacent to an activating group) is 1. The topological polar surface area (TPSA) is 55.4 Å². The molecule has 0 fully saturated rings. The van der Waals surface area contributed by atoms with Gasteiger partial charge in [-0.2, -0.15) is 0 Å². The Kier molecular flexibility index (Phi) is 8.89. The van der Waals surface area contributed by atoms with Crippen LogP contribution >= 0.6 is 0 Å². The normalized spacial score (nSPS) is 12.6. The smallest absolute Gasteiger partial charge is 0.340 e.